The van der Waals surface area contributed by atoms with E-state index in [1.54, 1.807) is 19.1 Å². The van der Waals surface area contributed by atoms with Gasteiger partial charge in [0.15, 0.2) is 0 Å². The summed E-state index contributed by atoms with van der Waals surface area (Å²) < 4.78 is 5.13. The van der Waals surface area contributed by atoms with Crippen molar-refractivity contribution >= 4 is 11.8 Å². The molecular weight excluding hydrogens is 248 g/mol. The number of H-pyrrole nitrogens is 1. The summed E-state index contributed by atoms with van der Waals surface area (Å²) in [5.41, 5.74) is 0.439. The maximum absolute atomic E-state index is 12.2. The molecule has 7 heteroatoms. The van der Waals surface area contributed by atoms with Crippen molar-refractivity contribution in [3.63, 3.8) is 0 Å². The lowest BCUT2D eigenvalue weighted by Gasteiger charge is -2.14. The molecule has 7 nitrogen and oxygen atoms in total. The molecule has 2 atom stereocenters. The van der Waals surface area contributed by atoms with Crippen LogP contribution in [0.1, 0.15) is 10.5 Å². The molecule has 2 heterocycles. The summed E-state index contributed by atoms with van der Waals surface area (Å²) in [5, 5.41) is 2.64. The van der Waals surface area contributed by atoms with Crippen molar-refractivity contribution in [1.82, 2.24) is 20.2 Å². The van der Waals surface area contributed by atoms with E-state index >= 15 is 0 Å². The number of carbonyl (C=O) groups excluding carboxylic acids is 2. The first-order valence-electron chi connectivity index (χ1n) is 6.15. The van der Waals surface area contributed by atoms with Gasteiger partial charge in [-0.2, -0.15) is 0 Å². The highest BCUT2D eigenvalue weighted by molar-refractivity contribution is 5.93. The second-order valence-electron chi connectivity index (χ2n) is 4.61. The average Bonchev–Trinajstić information content (AvgIpc) is 3.07. The Morgan fingerprint density at radius 3 is 2.95 bits per heavy atom. The van der Waals surface area contributed by atoms with Crippen LogP contribution in [-0.4, -0.2) is 60.5 Å². The van der Waals surface area contributed by atoms with E-state index in [0.717, 1.165) is 0 Å². The number of methoxy groups -OCH3 is 1. The minimum Gasteiger partial charge on any atom is -0.384 e. The number of aromatic nitrogens is 2. The summed E-state index contributed by atoms with van der Waals surface area (Å²) in [6.07, 6.45) is 2.95. The number of imidazole rings is 1. The number of aromatic amines is 1. The van der Waals surface area contributed by atoms with Gasteiger partial charge in [0.05, 0.1) is 25.0 Å². The maximum Gasteiger partial charge on any atom is 0.271 e. The van der Waals surface area contributed by atoms with Crippen LogP contribution in [0.2, 0.25) is 0 Å². The third kappa shape index (κ3) is 2.76. The Kier molecular flexibility index (Phi) is 4.16. The Balaban J connectivity index is 2.09. The zero-order chi connectivity index (χ0) is 13.8. The third-order valence-electron chi connectivity index (χ3n) is 3.42. The molecule has 104 valence electrons. The molecule has 1 aromatic rings. The minimum atomic E-state index is -0.225. The standard InChI is InChI=1S/C12H18N4O3/c1-13-11(17)9-5-16(4-8(9)6-19-2)12(18)10-3-14-7-15-10/h3,7-9H,4-6H2,1-2H3,(H,13,17)(H,14,15). The molecule has 19 heavy (non-hydrogen) atoms. The Labute approximate surface area is 111 Å². The smallest absolute Gasteiger partial charge is 0.271 e. The van der Waals surface area contributed by atoms with Crippen molar-refractivity contribution in [3.05, 3.63) is 18.2 Å². The highest BCUT2D eigenvalue weighted by atomic mass is 16.5. The molecule has 1 fully saturated rings. The molecule has 1 aromatic heterocycles. The van der Waals surface area contributed by atoms with E-state index < -0.39 is 0 Å². The van der Waals surface area contributed by atoms with Crippen molar-refractivity contribution in [2.45, 2.75) is 0 Å². The number of amides is 2. The first-order chi connectivity index (χ1) is 9.17. The second-order valence-corrected chi connectivity index (χ2v) is 4.61. The topological polar surface area (TPSA) is 87.3 Å². The van der Waals surface area contributed by atoms with Gasteiger partial charge in [-0.25, -0.2) is 4.98 Å². The monoisotopic (exact) mass is 266 g/mol. The highest BCUT2D eigenvalue weighted by Gasteiger charge is 2.39. The number of nitrogens with one attached hydrogen (secondary N) is 2. The van der Waals surface area contributed by atoms with Crippen LogP contribution in [0.15, 0.2) is 12.5 Å². The van der Waals surface area contributed by atoms with Gasteiger partial charge < -0.3 is 19.9 Å². The van der Waals surface area contributed by atoms with Gasteiger partial charge in [-0.3, -0.25) is 9.59 Å². The summed E-state index contributed by atoms with van der Waals surface area (Å²) >= 11 is 0. The van der Waals surface area contributed by atoms with E-state index in [0.29, 0.717) is 25.4 Å². The summed E-state index contributed by atoms with van der Waals surface area (Å²) in [5.74, 6) is -0.388. The zero-order valence-electron chi connectivity index (χ0n) is 11.0. The maximum atomic E-state index is 12.2. The fourth-order valence-corrected chi connectivity index (χ4v) is 2.45. The van der Waals surface area contributed by atoms with Crippen LogP contribution in [0.4, 0.5) is 0 Å². The summed E-state index contributed by atoms with van der Waals surface area (Å²) in [6, 6.07) is 0. The van der Waals surface area contributed by atoms with Crippen LogP contribution in [-0.2, 0) is 9.53 Å². The van der Waals surface area contributed by atoms with Crippen LogP contribution >= 0.6 is 0 Å². The number of carbonyl (C=O) groups is 2. The number of hydrogen-bond acceptors (Lipinski definition) is 4. The van der Waals surface area contributed by atoms with Crippen molar-refractivity contribution < 1.29 is 14.3 Å². The lowest BCUT2D eigenvalue weighted by atomic mass is 9.96. The van der Waals surface area contributed by atoms with E-state index in [2.05, 4.69) is 15.3 Å². The first-order valence-corrected chi connectivity index (χ1v) is 6.15. The van der Waals surface area contributed by atoms with Crippen LogP contribution in [0.3, 0.4) is 0 Å². The first kappa shape index (κ1) is 13.5. The lowest BCUT2D eigenvalue weighted by Crippen LogP contribution is -2.34. The van der Waals surface area contributed by atoms with Crippen molar-refractivity contribution in [3.8, 4) is 0 Å². The average molecular weight is 266 g/mol. The van der Waals surface area contributed by atoms with Crippen molar-refractivity contribution in [2.75, 3.05) is 33.9 Å². The minimum absolute atomic E-state index is 0.0248. The van der Waals surface area contributed by atoms with Crippen molar-refractivity contribution in [2.24, 2.45) is 11.8 Å². The SMILES string of the molecule is CNC(=O)C1CN(C(=O)c2cnc[nH]2)CC1COC. The molecule has 2 N–H and O–H groups in total. The fourth-order valence-electron chi connectivity index (χ4n) is 2.45. The number of nitrogens with zero attached hydrogens (tertiary/aromatic N) is 2. The van der Waals surface area contributed by atoms with Crippen molar-refractivity contribution in [1.29, 1.82) is 0 Å². The van der Waals surface area contributed by atoms with Gasteiger partial charge in [-0.1, -0.05) is 0 Å². The molecule has 0 bridgehead atoms. The van der Waals surface area contributed by atoms with Gasteiger partial charge in [0.1, 0.15) is 5.69 Å². The van der Waals surface area contributed by atoms with Gasteiger partial charge in [0.2, 0.25) is 5.91 Å². The number of likely N-dealkylation sites (tertiary alicyclic amines) is 1. The molecule has 2 rings (SSSR count). The second kappa shape index (κ2) is 5.83. The molecule has 1 saturated heterocycles. The van der Waals surface area contributed by atoms with Gasteiger partial charge in [-0.15, -0.1) is 0 Å². The van der Waals surface area contributed by atoms with Gasteiger partial charge in [0.25, 0.3) is 5.91 Å². The summed E-state index contributed by atoms with van der Waals surface area (Å²) in [7, 11) is 3.20. The summed E-state index contributed by atoms with van der Waals surface area (Å²) in [6.45, 7) is 1.39. The van der Waals surface area contributed by atoms with Crippen LogP contribution in [0, 0.1) is 11.8 Å². The Bertz CT molecular complexity index is 446. The van der Waals surface area contributed by atoms with Crippen LogP contribution in [0.5, 0.6) is 0 Å². The van der Waals surface area contributed by atoms with E-state index in [1.165, 1.54) is 12.5 Å². The van der Waals surface area contributed by atoms with E-state index in [1.807, 2.05) is 0 Å². The molecule has 0 aliphatic carbocycles. The van der Waals surface area contributed by atoms with E-state index in [9.17, 15) is 9.59 Å². The predicted octanol–water partition coefficient (Wildman–Crippen LogP) is -0.510. The predicted molar refractivity (Wildman–Crippen MR) is 67.4 cm³/mol. The van der Waals surface area contributed by atoms with Crippen LogP contribution in [0.25, 0.3) is 0 Å². The molecule has 0 radical (unpaired) electrons. The highest BCUT2D eigenvalue weighted by Crippen LogP contribution is 2.25. The van der Waals surface area contributed by atoms with Crippen LogP contribution < -0.4 is 5.32 Å². The molecular formula is C12H18N4O3. The lowest BCUT2D eigenvalue weighted by molar-refractivity contribution is -0.125. The quantitative estimate of drug-likeness (QED) is 0.768. The van der Waals surface area contributed by atoms with E-state index in [4.69, 9.17) is 4.74 Å². The summed E-state index contributed by atoms with van der Waals surface area (Å²) in [4.78, 5) is 32.3. The largest absolute Gasteiger partial charge is 0.384 e. The third-order valence-corrected chi connectivity index (χ3v) is 3.42. The molecule has 0 spiro atoms. The molecule has 1 aliphatic rings. The van der Waals surface area contributed by atoms with Gasteiger partial charge in [-0.05, 0) is 0 Å². The zero-order valence-corrected chi connectivity index (χ0v) is 11.0. The molecule has 2 unspecified atom stereocenters. The number of ether oxygens (including phenoxy) is 1. The molecule has 2 amide bonds. The fraction of sp³-hybridized carbons (Fsp3) is 0.583. The Hall–Kier alpha value is -1.89. The van der Waals surface area contributed by atoms with Gasteiger partial charge in [0, 0.05) is 33.2 Å². The molecule has 0 saturated carbocycles. The Morgan fingerprint density at radius 1 is 1.58 bits per heavy atom. The number of rotatable bonds is 4. The molecule has 1 aliphatic heterocycles. The molecule has 0 aromatic carbocycles. The normalized spacial score (nSPS) is 22.5. The van der Waals surface area contributed by atoms with E-state index in [-0.39, 0.29) is 23.7 Å². The Morgan fingerprint density at radius 2 is 2.37 bits per heavy atom. The number of hydrogen-bond donors (Lipinski definition) is 2. The van der Waals surface area contributed by atoms with Gasteiger partial charge >= 0.3 is 0 Å².